The van der Waals surface area contributed by atoms with E-state index in [-0.39, 0.29) is 18.0 Å². The van der Waals surface area contributed by atoms with Crippen LogP contribution in [0.2, 0.25) is 0 Å². The predicted molar refractivity (Wildman–Crippen MR) is 100 cm³/mol. The topological polar surface area (TPSA) is 55.3 Å². The van der Waals surface area contributed by atoms with Crippen LogP contribution in [0.3, 0.4) is 0 Å². The molecule has 2 atom stereocenters. The molecule has 1 aromatic carbocycles. The van der Waals surface area contributed by atoms with E-state index in [0.29, 0.717) is 5.75 Å². The predicted octanol–water partition coefficient (Wildman–Crippen LogP) is 3.37. The number of carbonyl (C=O) groups excluding carboxylic acids is 1. The average Bonchev–Trinajstić information content (AvgIpc) is 2.60. The molecule has 2 heterocycles. The first-order valence-corrected chi connectivity index (χ1v) is 9.45. The summed E-state index contributed by atoms with van der Waals surface area (Å²) in [6.07, 6.45) is 1.93. The molecule has 1 aliphatic rings. The largest absolute Gasteiger partial charge is 0.372 e. The second-order valence-corrected chi connectivity index (χ2v) is 7.45. The van der Waals surface area contributed by atoms with Crippen molar-refractivity contribution < 1.29 is 9.53 Å². The Morgan fingerprint density at radius 1 is 1.20 bits per heavy atom. The normalized spacial score (nSPS) is 20.5. The fourth-order valence-corrected chi connectivity index (χ4v) is 3.67. The van der Waals surface area contributed by atoms with Crippen molar-refractivity contribution in [3.8, 4) is 0 Å². The third-order valence-electron chi connectivity index (χ3n) is 4.10. The molecule has 6 heteroatoms. The Kier molecular flexibility index (Phi) is 5.71. The summed E-state index contributed by atoms with van der Waals surface area (Å²) in [5, 5.41) is 0.817. The molecule has 2 unspecified atom stereocenters. The number of Topliss-reactive ketones (excluding diaryl/α,β-unsaturated/α-hetero) is 1. The Balaban J connectivity index is 1.63. The molecule has 0 spiro atoms. The standard InChI is InChI=1S/C19H23N3O2S/c1-13-4-6-16(7-5-13)17(23)11-25-19-8-18(20-12-21-19)22-9-14(2)24-15(3)10-22/h4-8,12,14-15H,9-11H2,1-3H3. The van der Waals surface area contributed by atoms with E-state index < -0.39 is 0 Å². The van der Waals surface area contributed by atoms with Gasteiger partial charge in [-0.25, -0.2) is 9.97 Å². The maximum Gasteiger partial charge on any atom is 0.173 e. The molecular weight excluding hydrogens is 334 g/mol. The van der Waals surface area contributed by atoms with Crippen molar-refractivity contribution in [1.82, 2.24) is 9.97 Å². The van der Waals surface area contributed by atoms with Crippen LogP contribution in [0.5, 0.6) is 0 Å². The maximum atomic E-state index is 12.3. The Morgan fingerprint density at radius 2 is 1.88 bits per heavy atom. The molecule has 1 fully saturated rings. The minimum Gasteiger partial charge on any atom is -0.372 e. The van der Waals surface area contributed by atoms with E-state index in [2.05, 4.69) is 28.7 Å². The maximum absolute atomic E-state index is 12.3. The summed E-state index contributed by atoms with van der Waals surface area (Å²) >= 11 is 1.45. The molecule has 0 aliphatic carbocycles. The van der Waals surface area contributed by atoms with Crippen molar-refractivity contribution in [3.05, 3.63) is 47.8 Å². The van der Waals surface area contributed by atoms with Crippen molar-refractivity contribution >= 4 is 23.4 Å². The third-order valence-corrected chi connectivity index (χ3v) is 5.02. The molecule has 132 valence electrons. The van der Waals surface area contributed by atoms with Crippen LogP contribution in [0.4, 0.5) is 5.82 Å². The molecular formula is C19H23N3O2S. The summed E-state index contributed by atoms with van der Waals surface area (Å²) in [7, 11) is 0. The van der Waals surface area contributed by atoms with Gasteiger partial charge >= 0.3 is 0 Å². The van der Waals surface area contributed by atoms with Crippen LogP contribution in [-0.2, 0) is 4.74 Å². The number of anilines is 1. The number of benzene rings is 1. The van der Waals surface area contributed by atoms with Crippen LogP contribution in [0.25, 0.3) is 0 Å². The lowest BCUT2D eigenvalue weighted by Crippen LogP contribution is -2.45. The van der Waals surface area contributed by atoms with Crippen molar-refractivity contribution in [3.63, 3.8) is 0 Å². The monoisotopic (exact) mass is 357 g/mol. The van der Waals surface area contributed by atoms with E-state index in [9.17, 15) is 4.79 Å². The second kappa shape index (κ2) is 7.97. The number of ether oxygens (including phenoxy) is 1. The zero-order chi connectivity index (χ0) is 17.8. The smallest absolute Gasteiger partial charge is 0.173 e. The molecule has 1 saturated heterocycles. The van der Waals surface area contributed by atoms with Gasteiger partial charge in [0.15, 0.2) is 5.78 Å². The summed E-state index contributed by atoms with van der Waals surface area (Å²) in [6.45, 7) is 7.78. The van der Waals surface area contributed by atoms with Crippen LogP contribution in [-0.4, -0.2) is 46.8 Å². The molecule has 0 bridgehead atoms. The van der Waals surface area contributed by atoms with E-state index in [0.717, 1.165) is 35.1 Å². The van der Waals surface area contributed by atoms with Crippen LogP contribution in [0.1, 0.15) is 29.8 Å². The molecule has 5 nitrogen and oxygen atoms in total. The molecule has 1 aromatic heterocycles. The van der Waals surface area contributed by atoms with Gasteiger partial charge in [-0.05, 0) is 20.8 Å². The molecule has 0 saturated carbocycles. The number of thioether (sulfide) groups is 1. The summed E-state index contributed by atoms with van der Waals surface area (Å²) in [5.41, 5.74) is 1.89. The van der Waals surface area contributed by atoms with Gasteiger partial charge in [-0.15, -0.1) is 0 Å². The first-order valence-electron chi connectivity index (χ1n) is 8.46. The lowest BCUT2D eigenvalue weighted by atomic mass is 10.1. The van der Waals surface area contributed by atoms with Gasteiger partial charge in [0.25, 0.3) is 0 Å². The molecule has 0 amide bonds. The highest BCUT2D eigenvalue weighted by atomic mass is 32.2. The minimum absolute atomic E-state index is 0.110. The second-order valence-electron chi connectivity index (χ2n) is 6.45. The van der Waals surface area contributed by atoms with Crippen molar-refractivity contribution in [1.29, 1.82) is 0 Å². The SMILES string of the molecule is Cc1ccc(C(=O)CSc2cc(N3CC(C)OC(C)C3)ncn2)cc1. The Morgan fingerprint density at radius 3 is 2.56 bits per heavy atom. The minimum atomic E-state index is 0.110. The first kappa shape index (κ1) is 17.9. The molecule has 0 radical (unpaired) electrons. The number of hydrogen-bond donors (Lipinski definition) is 0. The number of aryl methyl sites for hydroxylation is 1. The van der Waals surface area contributed by atoms with Gasteiger partial charge in [-0.2, -0.15) is 0 Å². The summed E-state index contributed by atoms with van der Waals surface area (Å²) < 4.78 is 5.77. The van der Waals surface area contributed by atoms with Crippen LogP contribution in [0, 0.1) is 6.92 Å². The van der Waals surface area contributed by atoms with Gasteiger partial charge in [0.1, 0.15) is 17.2 Å². The average molecular weight is 357 g/mol. The molecule has 2 aromatic rings. The van der Waals surface area contributed by atoms with Gasteiger partial charge in [0, 0.05) is 24.7 Å². The molecule has 1 aliphatic heterocycles. The fourth-order valence-electron chi connectivity index (χ4n) is 2.91. The highest BCUT2D eigenvalue weighted by Gasteiger charge is 2.23. The Bertz CT molecular complexity index is 726. The van der Waals surface area contributed by atoms with Gasteiger partial charge in [0.05, 0.1) is 18.0 Å². The fraction of sp³-hybridized carbons (Fsp3) is 0.421. The molecule has 3 rings (SSSR count). The van der Waals surface area contributed by atoms with E-state index in [1.54, 1.807) is 6.33 Å². The number of hydrogen-bond acceptors (Lipinski definition) is 6. The lowest BCUT2D eigenvalue weighted by molar-refractivity contribution is -0.00548. The highest BCUT2D eigenvalue weighted by molar-refractivity contribution is 7.99. The zero-order valence-electron chi connectivity index (χ0n) is 14.8. The van der Waals surface area contributed by atoms with Crippen molar-refractivity contribution in [2.75, 3.05) is 23.7 Å². The number of carbonyl (C=O) groups is 1. The van der Waals surface area contributed by atoms with Gasteiger partial charge in [-0.1, -0.05) is 41.6 Å². The van der Waals surface area contributed by atoms with Crippen LogP contribution < -0.4 is 4.90 Å². The van der Waals surface area contributed by atoms with Crippen molar-refractivity contribution in [2.45, 2.75) is 38.0 Å². The first-order chi connectivity index (χ1) is 12.0. The van der Waals surface area contributed by atoms with E-state index in [4.69, 9.17) is 4.74 Å². The van der Waals surface area contributed by atoms with Crippen LogP contribution in [0.15, 0.2) is 41.7 Å². The quantitative estimate of drug-likeness (QED) is 0.465. The zero-order valence-corrected chi connectivity index (χ0v) is 15.6. The van der Waals surface area contributed by atoms with E-state index in [1.807, 2.05) is 37.3 Å². The number of morpholine rings is 1. The summed E-state index contributed by atoms with van der Waals surface area (Å²) in [5.74, 6) is 1.37. The van der Waals surface area contributed by atoms with Gasteiger partial charge < -0.3 is 9.64 Å². The van der Waals surface area contributed by atoms with E-state index in [1.165, 1.54) is 11.8 Å². The van der Waals surface area contributed by atoms with Crippen LogP contribution >= 0.6 is 11.8 Å². The number of rotatable bonds is 5. The van der Waals surface area contributed by atoms with Gasteiger partial charge in [0.2, 0.25) is 0 Å². The molecule has 25 heavy (non-hydrogen) atoms. The number of nitrogens with zero attached hydrogens (tertiary/aromatic N) is 3. The third kappa shape index (κ3) is 4.80. The molecule has 0 N–H and O–H groups in total. The van der Waals surface area contributed by atoms with Gasteiger partial charge in [-0.3, -0.25) is 4.79 Å². The summed E-state index contributed by atoms with van der Waals surface area (Å²) in [4.78, 5) is 23.2. The Hall–Kier alpha value is -1.92. The van der Waals surface area contributed by atoms with Crippen molar-refractivity contribution in [2.24, 2.45) is 0 Å². The summed E-state index contributed by atoms with van der Waals surface area (Å²) in [6, 6.07) is 9.63. The van der Waals surface area contributed by atoms with E-state index >= 15 is 0 Å². The highest BCUT2D eigenvalue weighted by Crippen LogP contribution is 2.23. The Labute approximate surface area is 152 Å². The number of aromatic nitrogens is 2. The number of ketones is 1. The lowest BCUT2D eigenvalue weighted by Gasteiger charge is -2.36.